The highest BCUT2D eigenvalue weighted by Crippen LogP contribution is 2.25. The number of amidine groups is 1. The van der Waals surface area contributed by atoms with Gasteiger partial charge in [0.05, 0.1) is 5.56 Å². The van der Waals surface area contributed by atoms with Gasteiger partial charge in [-0.15, -0.1) is 0 Å². The van der Waals surface area contributed by atoms with Crippen LogP contribution >= 0.6 is 11.8 Å². The number of pyridine rings is 1. The number of carbonyl (C=O) groups excluding carboxylic acids is 1. The highest BCUT2D eigenvalue weighted by molar-refractivity contribution is 8.14. The number of hydrogen-bond donors (Lipinski definition) is 1. The maximum atomic E-state index is 12.7. The molecular weight excluding hydrogens is 320 g/mol. The van der Waals surface area contributed by atoms with Crippen LogP contribution in [0.2, 0.25) is 0 Å². The largest absolute Gasteiger partial charge is 0.345 e. The molecule has 0 saturated carbocycles. The lowest BCUT2D eigenvalue weighted by Crippen LogP contribution is -2.34. The number of carbonyl (C=O) groups is 1. The second kappa shape index (κ2) is 6.49. The monoisotopic (exact) mass is 336 g/mol. The number of para-hydroxylation sites is 1. The highest BCUT2D eigenvalue weighted by Gasteiger charge is 2.21. The van der Waals surface area contributed by atoms with Gasteiger partial charge in [-0.1, -0.05) is 30.0 Å². The van der Waals surface area contributed by atoms with Crippen LogP contribution in [0.5, 0.6) is 0 Å². The smallest absolute Gasteiger partial charge is 0.281 e. The third-order valence-electron chi connectivity index (χ3n) is 3.93. The Hall–Kier alpha value is -2.60. The van der Waals surface area contributed by atoms with Crippen molar-refractivity contribution in [1.29, 1.82) is 0 Å². The molecule has 0 unspecified atom stereocenters. The Morgan fingerprint density at radius 1 is 1.21 bits per heavy atom. The van der Waals surface area contributed by atoms with Crippen molar-refractivity contribution >= 4 is 39.6 Å². The van der Waals surface area contributed by atoms with Gasteiger partial charge in [0, 0.05) is 35.8 Å². The lowest BCUT2D eigenvalue weighted by molar-refractivity contribution is 0.100. The molecule has 1 amide bonds. The van der Waals surface area contributed by atoms with E-state index in [2.05, 4.69) is 19.9 Å². The van der Waals surface area contributed by atoms with E-state index in [1.807, 2.05) is 42.5 Å². The number of nitrogens with zero attached hydrogens (tertiary/aromatic N) is 3. The van der Waals surface area contributed by atoms with Crippen molar-refractivity contribution in [2.24, 2.45) is 4.99 Å². The Balaban J connectivity index is 1.68. The summed E-state index contributed by atoms with van der Waals surface area (Å²) in [6.45, 7) is 0.874. The normalized spacial score (nSPS) is 16.7. The number of thioether (sulfide) groups is 1. The standard InChI is InChI=1S/C18H16N4OS/c23-17(15-12-20-16-14(15)8-4-9-19-16)21-18-22(10-5-11-24-18)13-6-2-1-3-7-13/h1-4,6-9,12H,5,10-11H2,(H,19,20)/b21-18-. The summed E-state index contributed by atoms with van der Waals surface area (Å²) in [5.41, 5.74) is 2.33. The van der Waals surface area contributed by atoms with Crippen molar-refractivity contribution in [2.45, 2.75) is 6.42 Å². The van der Waals surface area contributed by atoms with Gasteiger partial charge in [0.2, 0.25) is 0 Å². The first-order chi connectivity index (χ1) is 11.8. The second-order valence-electron chi connectivity index (χ2n) is 5.49. The van der Waals surface area contributed by atoms with Crippen LogP contribution in [0.3, 0.4) is 0 Å². The number of aromatic amines is 1. The molecule has 24 heavy (non-hydrogen) atoms. The van der Waals surface area contributed by atoms with Crippen LogP contribution in [0.25, 0.3) is 11.0 Å². The number of nitrogens with one attached hydrogen (secondary N) is 1. The summed E-state index contributed by atoms with van der Waals surface area (Å²) in [5, 5.41) is 1.56. The number of anilines is 1. The number of fused-ring (bicyclic) bond motifs is 1. The predicted octanol–water partition coefficient (Wildman–Crippen LogP) is 3.70. The van der Waals surface area contributed by atoms with Crippen molar-refractivity contribution in [3.05, 3.63) is 60.4 Å². The molecular formula is C18H16N4OS. The zero-order valence-corrected chi connectivity index (χ0v) is 13.8. The number of hydrogen-bond acceptors (Lipinski definition) is 3. The maximum Gasteiger partial charge on any atom is 0.281 e. The zero-order valence-electron chi connectivity index (χ0n) is 13.0. The van der Waals surface area contributed by atoms with Gasteiger partial charge in [-0.2, -0.15) is 4.99 Å². The first-order valence-electron chi connectivity index (χ1n) is 7.83. The lowest BCUT2D eigenvalue weighted by atomic mass is 10.2. The molecule has 0 spiro atoms. The third-order valence-corrected chi connectivity index (χ3v) is 5.00. The quantitative estimate of drug-likeness (QED) is 0.775. The van der Waals surface area contributed by atoms with Crippen LogP contribution in [-0.4, -0.2) is 33.3 Å². The van der Waals surface area contributed by atoms with Crippen molar-refractivity contribution in [3.63, 3.8) is 0 Å². The van der Waals surface area contributed by atoms with Gasteiger partial charge in [0.15, 0.2) is 5.17 Å². The summed E-state index contributed by atoms with van der Waals surface area (Å²) in [4.78, 5) is 26.5. The van der Waals surface area contributed by atoms with Crippen molar-refractivity contribution in [1.82, 2.24) is 9.97 Å². The van der Waals surface area contributed by atoms with Crippen LogP contribution in [0.1, 0.15) is 16.8 Å². The molecule has 6 heteroatoms. The van der Waals surface area contributed by atoms with E-state index in [1.165, 1.54) is 0 Å². The Bertz CT molecular complexity index is 904. The number of amides is 1. The van der Waals surface area contributed by atoms with E-state index in [1.54, 1.807) is 24.2 Å². The summed E-state index contributed by atoms with van der Waals surface area (Å²) in [6, 6.07) is 13.8. The number of rotatable bonds is 2. The van der Waals surface area contributed by atoms with Gasteiger partial charge in [0.25, 0.3) is 5.91 Å². The van der Waals surface area contributed by atoms with Crippen molar-refractivity contribution < 1.29 is 4.79 Å². The molecule has 120 valence electrons. The van der Waals surface area contributed by atoms with Crippen molar-refractivity contribution in [2.75, 3.05) is 17.2 Å². The summed E-state index contributed by atoms with van der Waals surface area (Å²) in [5.74, 6) is 0.741. The van der Waals surface area contributed by atoms with E-state index in [4.69, 9.17) is 0 Å². The molecule has 4 rings (SSSR count). The average Bonchev–Trinajstić information content (AvgIpc) is 3.07. The Morgan fingerprint density at radius 2 is 2.08 bits per heavy atom. The fourth-order valence-corrected chi connectivity index (χ4v) is 3.74. The van der Waals surface area contributed by atoms with Gasteiger partial charge in [-0.25, -0.2) is 4.98 Å². The topological polar surface area (TPSA) is 61.4 Å². The van der Waals surface area contributed by atoms with Crippen molar-refractivity contribution in [3.8, 4) is 0 Å². The summed E-state index contributed by atoms with van der Waals surface area (Å²) >= 11 is 1.63. The van der Waals surface area contributed by atoms with Gasteiger partial charge in [0.1, 0.15) is 5.65 Å². The van der Waals surface area contributed by atoms with Crippen LogP contribution in [0.15, 0.2) is 59.9 Å². The molecule has 1 aliphatic rings. The SMILES string of the molecule is O=C(/N=C1\SCCCN1c1ccccc1)c1c[nH]c2ncccc12. The van der Waals surface area contributed by atoms with E-state index < -0.39 is 0 Å². The second-order valence-corrected chi connectivity index (χ2v) is 6.55. The van der Waals surface area contributed by atoms with Crippen LogP contribution in [0, 0.1) is 0 Å². The highest BCUT2D eigenvalue weighted by atomic mass is 32.2. The van der Waals surface area contributed by atoms with Gasteiger partial charge < -0.3 is 9.88 Å². The summed E-state index contributed by atoms with van der Waals surface area (Å²) in [7, 11) is 0. The molecule has 2 aromatic heterocycles. The van der Waals surface area contributed by atoms with E-state index in [0.717, 1.165) is 35.0 Å². The third kappa shape index (κ3) is 2.80. The minimum atomic E-state index is -0.236. The molecule has 1 saturated heterocycles. The number of aromatic nitrogens is 2. The molecule has 0 atom stereocenters. The van der Waals surface area contributed by atoms with E-state index in [0.29, 0.717) is 11.2 Å². The molecule has 1 aromatic carbocycles. The molecule has 1 N–H and O–H groups in total. The van der Waals surface area contributed by atoms with Crippen LogP contribution in [-0.2, 0) is 0 Å². The first-order valence-corrected chi connectivity index (χ1v) is 8.82. The van der Waals surface area contributed by atoms with Gasteiger partial charge in [-0.05, 0) is 30.7 Å². The summed E-state index contributed by atoms with van der Waals surface area (Å²) in [6.07, 6.45) is 4.46. The molecule has 1 fully saturated rings. The van der Waals surface area contributed by atoms with Crippen LogP contribution in [0.4, 0.5) is 5.69 Å². The van der Waals surface area contributed by atoms with Crippen LogP contribution < -0.4 is 4.90 Å². The van der Waals surface area contributed by atoms with Gasteiger partial charge >= 0.3 is 0 Å². The molecule has 1 aliphatic heterocycles. The fourth-order valence-electron chi connectivity index (χ4n) is 2.78. The zero-order chi connectivity index (χ0) is 16.4. The Kier molecular flexibility index (Phi) is 4.04. The Labute approximate surface area is 143 Å². The Morgan fingerprint density at radius 3 is 2.96 bits per heavy atom. The molecule has 0 bridgehead atoms. The maximum absolute atomic E-state index is 12.7. The van der Waals surface area contributed by atoms with Gasteiger partial charge in [-0.3, -0.25) is 4.79 Å². The van der Waals surface area contributed by atoms with E-state index in [9.17, 15) is 4.79 Å². The lowest BCUT2D eigenvalue weighted by Gasteiger charge is -2.29. The molecule has 0 aliphatic carbocycles. The minimum absolute atomic E-state index is 0.236. The number of aliphatic imine (C=N–C) groups is 1. The number of benzene rings is 1. The predicted molar refractivity (Wildman–Crippen MR) is 98.7 cm³/mol. The summed E-state index contributed by atoms with van der Waals surface area (Å²) < 4.78 is 0. The molecule has 5 nitrogen and oxygen atoms in total. The van der Waals surface area contributed by atoms with E-state index in [-0.39, 0.29) is 5.91 Å². The fraction of sp³-hybridized carbons (Fsp3) is 0.167. The molecule has 3 aromatic rings. The average molecular weight is 336 g/mol. The molecule has 0 radical (unpaired) electrons. The first kappa shape index (κ1) is 15.0. The molecule has 3 heterocycles. The minimum Gasteiger partial charge on any atom is -0.345 e. The number of H-pyrrole nitrogens is 1. The van der Waals surface area contributed by atoms with E-state index >= 15 is 0 Å².